The molecule has 0 aromatic heterocycles. The molecule has 1 amide bonds. The van der Waals surface area contributed by atoms with Crippen LogP contribution in [0, 0.1) is 5.41 Å². The maximum Gasteiger partial charge on any atom is 0.227 e. The van der Waals surface area contributed by atoms with E-state index in [0.717, 1.165) is 29.8 Å². The Balaban J connectivity index is 2.69. The summed E-state index contributed by atoms with van der Waals surface area (Å²) >= 11 is 6.14. The van der Waals surface area contributed by atoms with Crippen molar-refractivity contribution >= 4 is 17.5 Å². The first-order valence-electron chi connectivity index (χ1n) is 7.23. The summed E-state index contributed by atoms with van der Waals surface area (Å²) in [6.45, 7) is 6.39. The van der Waals surface area contributed by atoms with E-state index in [0.29, 0.717) is 6.54 Å². The smallest absolute Gasteiger partial charge is 0.227 e. The molecule has 1 rings (SSSR count). The van der Waals surface area contributed by atoms with Gasteiger partial charge < -0.3 is 11.1 Å². The van der Waals surface area contributed by atoms with Gasteiger partial charge in [0.1, 0.15) is 0 Å². The third-order valence-corrected chi connectivity index (χ3v) is 4.46. The van der Waals surface area contributed by atoms with E-state index in [4.69, 9.17) is 17.3 Å². The zero-order chi connectivity index (χ0) is 15.2. The quantitative estimate of drug-likeness (QED) is 0.812. The fraction of sp³-hybridized carbons (Fsp3) is 0.562. The fourth-order valence-corrected chi connectivity index (χ4v) is 2.59. The standard InChI is InChI=1S/C16H25ClN2O/c1-4-16(5-2,11-18)15(20)19-12(3)10-13-8-6-7-9-14(13)17/h6-9,12H,4-5,10-11,18H2,1-3H3,(H,19,20). The van der Waals surface area contributed by atoms with E-state index in [-0.39, 0.29) is 11.9 Å². The molecular weight excluding hydrogens is 272 g/mol. The Kier molecular flexibility index (Phi) is 6.50. The Morgan fingerprint density at radius 2 is 1.95 bits per heavy atom. The van der Waals surface area contributed by atoms with Gasteiger partial charge in [-0.1, -0.05) is 43.6 Å². The summed E-state index contributed by atoms with van der Waals surface area (Å²) in [5.41, 5.74) is 6.40. The van der Waals surface area contributed by atoms with Gasteiger partial charge in [0.2, 0.25) is 5.91 Å². The number of amides is 1. The monoisotopic (exact) mass is 296 g/mol. The molecule has 3 nitrogen and oxygen atoms in total. The summed E-state index contributed by atoms with van der Waals surface area (Å²) in [7, 11) is 0. The SMILES string of the molecule is CCC(CC)(CN)C(=O)NC(C)Cc1ccccc1Cl. The molecule has 4 heteroatoms. The normalized spacial score (nSPS) is 13.1. The number of carbonyl (C=O) groups excluding carboxylic acids is 1. The van der Waals surface area contributed by atoms with Crippen LogP contribution in [0.4, 0.5) is 0 Å². The van der Waals surface area contributed by atoms with Gasteiger partial charge in [-0.3, -0.25) is 4.79 Å². The van der Waals surface area contributed by atoms with Crippen molar-refractivity contribution in [2.24, 2.45) is 11.1 Å². The Hall–Kier alpha value is -1.06. The van der Waals surface area contributed by atoms with Gasteiger partial charge in [0.15, 0.2) is 0 Å². The fourth-order valence-electron chi connectivity index (χ4n) is 2.37. The molecule has 112 valence electrons. The molecule has 1 aromatic rings. The molecule has 20 heavy (non-hydrogen) atoms. The Bertz CT molecular complexity index is 436. The maximum atomic E-state index is 12.4. The molecule has 0 spiro atoms. The minimum absolute atomic E-state index is 0.0337. The largest absolute Gasteiger partial charge is 0.353 e. The summed E-state index contributed by atoms with van der Waals surface area (Å²) in [5.74, 6) is 0.0459. The molecule has 1 aromatic carbocycles. The zero-order valence-electron chi connectivity index (χ0n) is 12.6. The van der Waals surface area contributed by atoms with E-state index >= 15 is 0 Å². The molecule has 1 unspecified atom stereocenters. The van der Waals surface area contributed by atoms with Crippen molar-refractivity contribution in [1.82, 2.24) is 5.32 Å². The molecule has 0 aliphatic rings. The van der Waals surface area contributed by atoms with Crippen molar-refractivity contribution in [2.75, 3.05) is 6.54 Å². The van der Waals surface area contributed by atoms with E-state index in [1.54, 1.807) is 0 Å². The Labute approximate surface area is 126 Å². The van der Waals surface area contributed by atoms with Gasteiger partial charge in [-0.25, -0.2) is 0 Å². The molecular formula is C16H25ClN2O. The summed E-state index contributed by atoms with van der Waals surface area (Å²) < 4.78 is 0. The number of rotatable bonds is 7. The molecule has 3 N–H and O–H groups in total. The molecule has 1 atom stereocenters. The van der Waals surface area contributed by atoms with Crippen LogP contribution in [-0.4, -0.2) is 18.5 Å². The van der Waals surface area contributed by atoms with Crippen LogP contribution in [0.5, 0.6) is 0 Å². The van der Waals surface area contributed by atoms with E-state index in [9.17, 15) is 4.79 Å². The lowest BCUT2D eigenvalue weighted by Crippen LogP contribution is -2.48. The zero-order valence-corrected chi connectivity index (χ0v) is 13.3. The highest BCUT2D eigenvalue weighted by molar-refractivity contribution is 6.31. The second kappa shape index (κ2) is 7.65. The molecule has 0 heterocycles. The second-order valence-electron chi connectivity index (χ2n) is 5.36. The van der Waals surface area contributed by atoms with Crippen LogP contribution >= 0.6 is 11.6 Å². The Morgan fingerprint density at radius 3 is 2.45 bits per heavy atom. The summed E-state index contributed by atoms with van der Waals surface area (Å²) in [5, 5.41) is 3.81. The number of nitrogens with two attached hydrogens (primary N) is 1. The predicted molar refractivity (Wildman–Crippen MR) is 84.8 cm³/mol. The van der Waals surface area contributed by atoms with E-state index in [1.807, 2.05) is 45.0 Å². The van der Waals surface area contributed by atoms with Gasteiger partial charge in [-0.05, 0) is 37.8 Å². The molecule has 0 saturated heterocycles. The van der Waals surface area contributed by atoms with Crippen molar-refractivity contribution in [3.8, 4) is 0 Å². The van der Waals surface area contributed by atoms with Gasteiger partial charge in [0, 0.05) is 17.6 Å². The maximum absolute atomic E-state index is 12.4. The minimum Gasteiger partial charge on any atom is -0.353 e. The van der Waals surface area contributed by atoms with E-state index < -0.39 is 5.41 Å². The summed E-state index contributed by atoms with van der Waals surface area (Å²) in [6.07, 6.45) is 2.23. The van der Waals surface area contributed by atoms with Crippen molar-refractivity contribution in [3.05, 3.63) is 34.9 Å². The van der Waals surface area contributed by atoms with Crippen LogP contribution in [-0.2, 0) is 11.2 Å². The number of benzene rings is 1. The molecule has 0 bridgehead atoms. The highest BCUT2D eigenvalue weighted by Gasteiger charge is 2.33. The first kappa shape index (κ1) is 17.0. The van der Waals surface area contributed by atoms with Crippen LogP contribution < -0.4 is 11.1 Å². The Morgan fingerprint density at radius 1 is 1.35 bits per heavy atom. The van der Waals surface area contributed by atoms with Crippen LogP contribution in [0.1, 0.15) is 39.2 Å². The molecule has 0 aliphatic carbocycles. The number of hydrogen-bond donors (Lipinski definition) is 2. The topological polar surface area (TPSA) is 55.1 Å². The number of carbonyl (C=O) groups is 1. The van der Waals surface area contributed by atoms with Gasteiger partial charge in [0.25, 0.3) is 0 Å². The van der Waals surface area contributed by atoms with Crippen molar-refractivity contribution < 1.29 is 4.79 Å². The lowest BCUT2D eigenvalue weighted by molar-refractivity contribution is -0.131. The van der Waals surface area contributed by atoms with E-state index in [1.165, 1.54) is 0 Å². The lowest BCUT2D eigenvalue weighted by atomic mass is 9.81. The third-order valence-electron chi connectivity index (χ3n) is 4.09. The first-order valence-corrected chi connectivity index (χ1v) is 7.61. The first-order chi connectivity index (χ1) is 9.49. The van der Waals surface area contributed by atoms with Crippen molar-refractivity contribution in [3.63, 3.8) is 0 Å². The predicted octanol–water partition coefficient (Wildman–Crippen LogP) is 3.15. The van der Waals surface area contributed by atoms with E-state index in [2.05, 4.69) is 5.32 Å². The average Bonchev–Trinajstić information content (AvgIpc) is 2.44. The van der Waals surface area contributed by atoms with Gasteiger partial charge in [-0.15, -0.1) is 0 Å². The summed E-state index contributed by atoms with van der Waals surface area (Å²) in [4.78, 5) is 12.4. The number of hydrogen-bond acceptors (Lipinski definition) is 2. The van der Waals surface area contributed by atoms with Crippen molar-refractivity contribution in [1.29, 1.82) is 0 Å². The lowest BCUT2D eigenvalue weighted by Gasteiger charge is -2.30. The molecule has 0 aliphatic heterocycles. The number of nitrogens with one attached hydrogen (secondary N) is 1. The minimum atomic E-state index is -0.450. The highest BCUT2D eigenvalue weighted by Crippen LogP contribution is 2.25. The second-order valence-corrected chi connectivity index (χ2v) is 5.77. The van der Waals surface area contributed by atoms with Gasteiger partial charge in [0.05, 0.1) is 5.41 Å². The van der Waals surface area contributed by atoms with Crippen molar-refractivity contribution in [2.45, 2.75) is 46.1 Å². The van der Waals surface area contributed by atoms with Crippen LogP contribution in [0.2, 0.25) is 5.02 Å². The van der Waals surface area contributed by atoms with Crippen LogP contribution in [0.25, 0.3) is 0 Å². The summed E-state index contributed by atoms with van der Waals surface area (Å²) in [6, 6.07) is 7.75. The number of halogens is 1. The third kappa shape index (κ3) is 3.97. The van der Waals surface area contributed by atoms with Crippen LogP contribution in [0.3, 0.4) is 0 Å². The van der Waals surface area contributed by atoms with Gasteiger partial charge >= 0.3 is 0 Å². The highest BCUT2D eigenvalue weighted by atomic mass is 35.5. The van der Waals surface area contributed by atoms with Gasteiger partial charge in [-0.2, -0.15) is 0 Å². The molecule has 0 saturated carbocycles. The molecule has 0 radical (unpaired) electrons. The average molecular weight is 297 g/mol. The molecule has 0 fully saturated rings. The van der Waals surface area contributed by atoms with Crippen LogP contribution in [0.15, 0.2) is 24.3 Å².